The van der Waals surface area contributed by atoms with Crippen LogP contribution in [0.25, 0.3) is 0 Å². The second kappa shape index (κ2) is 5.93. The summed E-state index contributed by atoms with van der Waals surface area (Å²) >= 11 is 12.5. The van der Waals surface area contributed by atoms with Crippen molar-refractivity contribution in [1.29, 1.82) is 0 Å². The molecule has 0 aliphatic carbocycles. The largest absolute Gasteiger partial charge is 0.369 e. The van der Waals surface area contributed by atoms with E-state index in [0.717, 1.165) is 21.3 Å². The molecule has 0 aromatic carbocycles. The van der Waals surface area contributed by atoms with Crippen molar-refractivity contribution in [2.24, 2.45) is 5.92 Å². The fraction of sp³-hybridized carbons (Fsp3) is 0.444. The minimum absolute atomic E-state index is 0.439. The highest BCUT2D eigenvalue weighted by Crippen LogP contribution is 2.23. The normalized spacial score (nSPS) is 12.6. The van der Waals surface area contributed by atoms with Crippen LogP contribution in [0.3, 0.4) is 0 Å². The van der Waals surface area contributed by atoms with Gasteiger partial charge in [0.2, 0.25) is 0 Å². The molecule has 78 valence electrons. The van der Waals surface area contributed by atoms with E-state index in [1.807, 2.05) is 6.07 Å². The maximum Gasteiger partial charge on any atom is 0.140 e. The lowest BCUT2D eigenvalue weighted by Crippen LogP contribution is -2.13. The maximum atomic E-state index is 5.70. The number of alkyl halides is 1. The van der Waals surface area contributed by atoms with Crippen LogP contribution in [0.5, 0.6) is 0 Å². The molecule has 14 heavy (non-hydrogen) atoms. The average Bonchev–Trinajstić information content (AvgIpc) is 2.16. The molecule has 0 spiro atoms. The average molecular weight is 342 g/mol. The van der Waals surface area contributed by atoms with Gasteiger partial charge in [0.05, 0.1) is 4.47 Å². The molecule has 1 aromatic rings. The van der Waals surface area contributed by atoms with Gasteiger partial charge in [-0.1, -0.05) is 6.92 Å². The maximum absolute atomic E-state index is 5.70. The van der Waals surface area contributed by atoms with Crippen molar-refractivity contribution in [3.8, 4) is 0 Å². The van der Waals surface area contributed by atoms with Crippen molar-refractivity contribution >= 4 is 49.3 Å². The number of hydrogen-bond acceptors (Lipinski definition) is 2. The number of nitrogens with zero attached hydrogens (tertiary/aromatic N) is 1. The van der Waals surface area contributed by atoms with Gasteiger partial charge in [-0.25, -0.2) is 4.98 Å². The Bertz CT molecular complexity index is 307. The molecule has 2 nitrogen and oxygen atoms in total. The monoisotopic (exact) mass is 340 g/mol. The molecule has 0 bridgehead atoms. The number of nitrogens with one attached hydrogen (secondary N) is 1. The highest BCUT2D eigenvalue weighted by atomic mass is 79.9. The van der Waals surface area contributed by atoms with Crippen molar-refractivity contribution in [3.63, 3.8) is 0 Å². The van der Waals surface area contributed by atoms with Crippen LogP contribution in [-0.4, -0.2) is 17.4 Å². The number of anilines is 1. The Morgan fingerprint density at radius 2 is 2.29 bits per heavy atom. The van der Waals surface area contributed by atoms with E-state index in [-0.39, 0.29) is 0 Å². The van der Waals surface area contributed by atoms with Gasteiger partial charge >= 0.3 is 0 Å². The lowest BCUT2D eigenvalue weighted by atomic mass is 10.2. The molecule has 1 N–H and O–H groups in total. The SMILES string of the molecule is CC(CCl)CNc1ncc(Br)cc1Br. The Morgan fingerprint density at radius 1 is 1.57 bits per heavy atom. The topological polar surface area (TPSA) is 24.9 Å². The smallest absolute Gasteiger partial charge is 0.140 e. The lowest BCUT2D eigenvalue weighted by molar-refractivity contribution is 0.694. The van der Waals surface area contributed by atoms with E-state index in [1.54, 1.807) is 6.20 Å². The number of pyridine rings is 1. The van der Waals surface area contributed by atoms with Crippen LogP contribution < -0.4 is 5.32 Å². The molecule has 1 heterocycles. The zero-order valence-corrected chi connectivity index (χ0v) is 11.7. The standard InChI is InChI=1S/C9H11Br2ClN2/c1-6(3-12)4-13-9-8(11)2-7(10)5-14-9/h2,5-6H,3-4H2,1H3,(H,13,14). The quantitative estimate of drug-likeness (QED) is 0.840. The number of hydrogen-bond donors (Lipinski definition) is 1. The van der Waals surface area contributed by atoms with Crippen LogP contribution in [0.15, 0.2) is 21.2 Å². The Labute approximate surface area is 106 Å². The molecule has 1 aromatic heterocycles. The Hall–Kier alpha value is 0.200. The Kier molecular flexibility index (Phi) is 5.20. The van der Waals surface area contributed by atoms with Crippen molar-refractivity contribution in [2.45, 2.75) is 6.92 Å². The fourth-order valence-corrected chi connectivity index (χ4v) is 2.11. The molecular weight excluding hydrogens is 331 g/mol. The van der Waals surface area contributed by atoms with Gasteiger partial charge in [0.1, 0.15) is 5.82 Å². The molecule has 0 amide bonds. The first-order chi connectivity index (χ1) is 6.63. The summed E-state index contributed by atoms with van der Waals surface area (Å²) in [6.07, 6.45) is 1.76. The van der Waals surface area contributed by atoms with E-state index >= 15 is 0 Å². The lowest BCUT2D eigenvalue weighted by Gasteiger charge is -2.11. The summed E-state index contributed by atoms with van der Waals surface area (Å²) in [6, 6.07) is 1.96. The van der Waals surface area contributed by atoms with E-state index in [4.69, 9.17) is 11.6 Å². The van der Waals surface area contributed by atoms with Gasteiger partial charge in [0.15, 0.2) is 0 Å². The Morgan fingerprint density at radius 3 is 2.86 bits per heavy atom. The summed E-state index contributed by atoms with van der Waals surface area (Å²) in [7, 11) is 0. The van der Waals surface area contributed by atoms with Crippen molar-refractivity contribution in [3.05, 3.63) is 21.2 Å². The van der Waals surface area contributed by atoms with Crippen molar-refractivity contribution in [2.75, 3.05) is 17.7 Å². The molecule has 0 fully saturated rings. The third-order valence-electron chi connectivity index (χ3n) is 1.69. The van der Waals surface area contributed by atoms with Gasteiger partial charge in [-0.2, -0.15) is 0 Å². The highest BCUT2D eigenvalue weighted by Gasteiger charge is 2.04. The molecule has 0 aliphatic heterocycles. The minimum Gasteiger partial charge on any atom is -0.369 e. The molecule has 0 aliphatic rings. The summed E-state index contributed by atoms with van der Waals surface area (Å²) in [4.78, 5) is 4.24. The van der Waals surface area contributed by atoms with Gasteiger partial charge in [0.25, 0.3) is 0 Å². The molecular formula is C9H11Br2ClN2. The summed E-state index contributed by atoms with van der Waals surface area (Å²) in [5.41, 5.74) is 0. The summed E-state index contributed by atoms with van der Waals surface area (Å²) in [5, 5.41) is 3.23. The number of rotatable bonds is 4. The van der Waals surface area contributed by atoms with E-state index in [2.05, 4.69) is 49.1 Å². The first kappa shape index (κ1) is 12.3. The summed E-state index contributed by atoms with van der Waals surface area (Å²) < 4.78 is 1.91. The first-order valence-corrected chi connectivity index (χ1v) is 6.36. The van der Waals surface area contributed by atoms with E-state index in [0.29, 0.717) is 11.8 Å². The fourth-order valence-electron chi connectivity index (χ4n) is 0.870. The third kappa shape index (κ3) is 3.75. The zero-order chi connectivity index (χ0) is 10.6. The second-order valence-electron chi connectivity index (χ2n) is 3.12. The van der Waals surface area contributed by atoms with Crippen LogP contribution >= 0.6 is 43.5 Å². The second-order valence-corrected chi connectivity index (χ2v) is 5.20. The Balaban J connectivity index is 2.59. The van der Waals surface area contributed by atoms with Gasteiger partial charge in [-0.05, 0) is 43.8 Å². The molecule has 0 saturated carbocycles. The molecule has 0 radical (unpaired) electrons. The summed E-state index contributed by atoms with van der Waals surface area (Å²) in [6.45, 7) is 2.92. The molecule has 0 saturated heterocycles. The predicted molar refractivity (Wildman–Crippen MR) is 68.0 cm³/mol. The first-order valence-electron chi connectivity index (χ1n) is 4.24. The van der Waals surface area contributed by atoms with Crippen LogP contribution in [0.4, 0.5) is 5.82 Å². The van der Waals surface area contributed by atoms with Crippen LogP contribution in [-0.2, 0) is 0 Å². The van der Waals surface area contributed by atoms with Gasteiger partial charge in [-0.15, -0.1) is 11.6 Å². The van der Waals surface area contributed by atoms with Crippen molar-refractivity contribution in [1.82, 2.24) is 4.98 Å². The third-order valence-corrected chi connectivity index (χ3v) is 3.25. The molecule has 1 unspecified atom stereocenters. The van der Waals surface area contributed by atoms with Crippen LogP contribution in [0, 0.1) is 5.92 Å². The van der Waals surface area contributed by atoms with Crippen LogP contribution in [0.1, 0.15) is 6.92 Å². The number of halogens is 3. The van der Waals surface area contributed by atoms with E-state index in [1.165, 1.54) is 0 Å². The van der Waals surface area contributed by atoms with E-state index in [9.17, 15) is 0 Å². The van der Waals surface area contributed by atoms with Gasteiger partial charge in [-0.3, -0.25) is 0 Å². The van der Waals surface area contributed by atoms with Gasteiger partial charge < -0.3 is 5.32 Å². The van der Waals surface area contributed by atoms with Gasteiger partial charge in [0, 0.05) is 23.1 Å². The van der Waals surface area contributed by atoms with Crippen molar-refractivity contribution < 1.29 is 0 Å². The minimum atomic E-state index is 0.439. The molecule has 1 atom stereocenters. The van der Waals surface area contributed by atoms with E-state index < -0.39 is 0 Å². The molecule has 5 heteroatoms. The molecule has 1 rings (SSSR count). The van der Waals surface area contributed by atoms with Crippen LogP contribution in [0.2, 0.25) is 0 Å². The number of aromatic nitrogens is 1. The predicted octanol–water partition coefficient (Wildman–Crippen LogP) is 3.89. The zero-order valence-electron chi connectivity index (χ0n) is 7.73. The highest BCUT2D eigenvalue weighted by molar-refractivity contribution is 9.11. The summed E-state index contributed by atoms with van der Waals surface area (Å²) in [5.74, 6) is 1.94.